The average Bonchev–Trinajstić information content (AvgIpc) is 2.91. The highest BCUT2D eigenvalue weighted by Gasteiger charge is 2.19. The van der Waals surface area contributed by atoms with Gasteiger partial charge in [0.2, 0.25) is 0 Å². The summed E-state index contributed by atoms with van der Waals surface area (Å²) in [6.07, 6.45) is 0. The number of hydrogen-bond donors (Lipinski definition) is 2. The monoisotopic (exact) mass is 349 g/mol. The smallest absolute Gasteiger partial charge is 0.258 e. The van der Waals surface area contributed by atoms with E-state index in [1.54, 1.807) is 6.92 Å². The highest BCUT2D eigenvalue weighted by molar-refractivity contribution is 6.06. The molecule has 0 unspecified atom stereocenters. The molecule has 8 heteroatoms. The predicted octanol–water partition coefficient (Wildman–Crippen LogP) is 4.19. The van der Waals surface area contributed by atoms with Gasteiger partial charge in [0.1, 0.15) is 17.3 Å². The Balaban J connectivity index is 1.97. The SMILES string of the molecule is Cc1[nH]nc(-c2ccc(F)c(F)c2)c1NC(=O)c1ccc(F)cc1F. The maximum absolute atomic E-state index is 13.7. The van der Waals surface area contributed by atoms with Gasteiger partial charge in [0.25, 0.3) is 5.91 Å². The molecule has 0 aliphatic rings. The lowest BCUT2D eigenvalue weighted by molar-refractivity contribution is 0.102. The van der Waals surface area contributed by atoms with Gasteiger partial charge in [-0.3, -0.25) is 9.89 Å². The second kappa shape index (κ2) is 6.39. The average molecular weight is 349 g/mol. The lowest BCUT2D eigenvalue weighted by atomic mass is 10.1. The summed E-state index contributed by atoms with van der Waals surface area (Å²) in [5, 5.41) is 9.03. The van der Waals surface area contributed by atoms with Gasteiger partial charge in [-0.25, -0.2) is 17.6 Å². The van der Waals surface area contributed by atoms with Crippen LogP contribution in [0.5, 0.6) is 0 Å². The van der Waals surface area contributed by atoms with Gasteiger partial charge in [0, 0.05) is 11.6 Å². The normalized spacial score (nSPS) is 10.8. The lowest BCUT2D eigenvalue weighted by Crippen LogP contribution is -2.14. The standard InChI is InChI=1S/C17H11F4N3O/c1-8-15(22-17(25)11-4-3-10(18)7-13(11)20)16(24-23-8)9-2-5-12(19)14(21)6-9/h2-7H,1H3,(H,22,25)(H,23,24). The molecular weight excluding hydrogens is 338 g/mol. The first-order valence-corrected chi connectivity index (χ1v) is 7.13. The minimum atomic E-state index is -1.07. The number of carbonyl (C=O) groups excluding carboxylic acids is 1. The molecule has 0 aliphatic carbocycles. The van der Waals surface area contributed by atoms with Crippen LogP contribution in [0.3, 0.4) is 0 Å². The summed E-state index contributed by atoms with van der Waals surface area (Å²) in [5.41, 5.74) is 0.624. The fourth-order valence-corrected chi connectivity index (χ4v) is 2.29. The Morgan fingerprint density at radius 2 is 1.76 bits per heavy atom. The molecular formula is C17H11F4N3O. The quantitative estimate of drug-likeness (QED) is 0.697. The van der Waals surface area contributed by atoms with E-state index < -0.39 is 29.2 Å². The maximum Gasteiger partial charge on any atom is 0.258 e. The van der Waals surface area contributed by atoms with Gasteiger partial charge in [0.15, 0.2) is 11.6 Å². The zero-order valence-corrected chi connectivity index (χ0v) is 12.8. The first-order chi connectivity index (χ1) is 11.9. The van der Waals surface area contributed by atoms with Crippen LogP contribution in [0.25, 0.3) is 11.3 Å². The van der Waals surface area contributed by atoms with Crippen molar-refractivity contribution in [3.8, 4) is 11.3 Å². The summed E-state index contributed by atoms with van der Waals surface area (Å²) in [6, 6.07) is 5.71. The third-order valence-electron chi connectivity index (χ3n) is 3.55. The molecule has 2 N–H and O–H groups in total. The van der Waals surface area contributed by atoms with Crippen molar-refractivity contribution in [1.82, 2.24) is 10.2 Å². The second-order valence-corrected chi connectivity index (χ2v) is 5.28. The van der Waals surface area contributed by atoms with Crippen LogP contribution >= 0.6 is 0 Å². The zero-order chi connectivity index (χ0) is 18.1. The molecule has 0 fully saturated rings. The largest absolute Gasteiger partial charge is 0.318 e. The van der Waals surface area contributed by atoms with E-state index in [1.165, 1.54) is 6.07 Å². The van der Waals surface area contributed by atoms with Crippen molar-refractivity contribution in [2.24, 2.45) is 0 Å². The molecule has 128 valence electrons. The lowest BCUT2D eigenvalue weighted by Gasteiger charge is -2.08. The van der Waals surface area contributed by atoms with Gasteiger partial charge < -0.3 is 5.32 Å². The highest BCUT2D eigenvalue weighted by Crippen LogP contribution is 2.30. The van der Waals surface area contributed by atoms with Gasteiger partial charge in [-0.05, 0) is 37.3 Å². The molecule has 4 nitrogen and oxygen atoms in total. The van der Waals surface area contributed by atoms with Crippen molar-refractivity contribution in [1.29, 1.82) is 0 Å². The number of rotatable bonds is 3. The van der Waals surface area contributed by atoms with Gasteiger partial charge in [-0.15, -0.1) is 0 Å². The Morgan fingerprint density at radius 1 is 1.00 bits per heavy atom. The number of benzene rings is 2. The van der Waals surface area contributed by atoms with Crippen LogP contribution in [0.1, 0.15) is 16.1 Å². The molecule has 0 bridgehead atoms. The van der Waals surface area contributed by atoms with Crippen molar-refractivity contribution in [2.45, 2.75) is 6.92 Å². The summed E-state index contributed by atoms with van der Waals surface area (Å²) in [6.45, 7) is 1.59. The van der Waals surface area contributed by atoms with Crippen molar-refractivity contribution in [3.63, 3.8) is 0 Å². The summed E-state index contributed by atoms with van der Waals surface area (Å²) in [4.78, 5) is 12.3. The third-order valence-corrected chi connectivity index (χ3v) is 3.55. The van der Waals surface area contributed by atoms with Gasteiger partial charge >= 0.3 is 0 Å². The van der Waals surface area contributed by atoms with Gasteiger partial charge in [-0.2, -0.15) is 5.10 Å². The zero-order valence-electron chi connectivity index (χ0n) is 12.8. The van der Waals surface area contributed by atoms with Crippen LogP contribution in [0.15, 0.2) is 36.4 Å². The summed E-state index contributed by atoms with van der Waals surface area (Å²) in [5.74, 6) is -4.75. The van der Waals surface area contributed by atoms with E-state index in [4.69, 9.17) is 0 Å². The summed E-state index contributed by atoms with van der Waals surface area (Å²) < 4.78 is 53.2. The minimum Gasteiger partial charge on any atom is -0.318 e. The Labute approximate surface area is 139 Å². The number of anilines is 1. The molecule has 0 saturated heterocycles. The van der Waals surface area contributed by atoms with Gasteiger partial charge in [-0.1, -0.05) is 0 Å². The maximum atomic E-state index is 13.7. The topological polar surface area (TPSA) is 57.8 Å². The molecule has 0 spiro atoms. The van der Waals surface area contributed by atoms with Crippen molar-refractivity contribution < 1.29 is 22.4 Å². The Hall–Kier alpha value is -3.16. The van der Waals surface area contributed by atoms with Crippen LogP contribution in [-0.2, 0) is 0 Å². The van der Waals surface area contributed by atoms with Crippen molar-refractivity contribution in [2.75, 3.05) is 5.32 Å². The molecule has 0 aliphatic heterocycles. The van der Waals surface area contributed by atoms with E-state index in [2.05, 4.69) is 15.5 Å². The molecule has 0 atom stereocenters. The van der Waals surface area contributed by atoms with Crippen LogP contribution < -0.4 is 5.32 Å². The number of H-pyrrole nitrogens is 1. The third kappa shape index (κ3) is 3.23. The van der Waals surface area contributed by atoms with Crippen molar-refractivity contribution >= 4 is 11.6 Å². The number of hydrogen-bond acceptors (Lipinski definition) is 2. The first-order valence-electron chi connectivity index (χ1n) is 7.13. The van der Waals surface area contributed by atoms with E-state index in [9.17, 15) is 22.4 Å². The number of aryl methyl sites for hydroxylation is 1. The molecule has 0 saturated carbocycles. The number of nitrogens with zero attached hydrogens (tertiary/aromatic N) is 1. The Bertz CT molecular complexity index is 969. The van der Waals surface area contributed by atoms with Crippen LogP contribution in [-0.4, -0.2) is 16.1 Å². The predicted molar refractivity (Wildman–Crippen MR) is 83.0 cm³/mol. The second-order valence-electron chi connectivity index (χ2n) is 5.28. The number of nitrogens with one attached hydrogen (secondary N) is 2. The summed E-state index contributed by atoms with van der Waals surface area (Å²) in [7, 11) is 0. The molecule has 2 aromatic carbocycles. The van der Waals surface area contributed by atoms with E-state index in [1.807, 2.05) is 0 Å². The number of carbonyl (C=O) groups is 1. The fourth-order valence-electron chi connectivity index (χ4n) is 2.29. The van der Waals surface area contributed by atoms with E-state index in [-0.39, 0.29) is 22.5 Å². The highest BCUT2D eigenvalue weighted by atomic mass is 19.2. The van der Waals surface area contributed by atoms with Crippen molar-refractivity contribution in [3.05, 3.63) is 70.9 Å². The Morgan fingerprint density at radius 3 is 2.44 bits per heavy atom. The fraction of sp³-hybridized carbons (Fsp3) is 0.0588. The van der Waals surface area contributed by atoms with Crippen LogP contribution in [0, 0.1) is 30.2 Å². The number of aromatic nitrogens is 2. The van der Waals surface area contributed by atoms with E-state index in [0.717, 1.165) is 24.3 Å². The molecule has 1 aromatic heterocycles. The van der Waals surface area contributed by atoms with Crippen LogP contribution in [0.2, 0.25) is 0 Å². The van der Waals surface area contributed by atoms with E-state index in [0.29, 0.717) is 11.8 Å². The summed E-state index contributed by atoms with van der Waals surface area (Å²) >= 11 is 0. The van der Waals surface area contributed by atoms with E-state index >= 15 is 0 Å². The Kier molecular flexibility index (Phi) is 4.26. The molecule has 3 aromatic rings. The van der Waals surface area contributed by atoms with Gasteiger partial charge in [0.05, 0.1) is 16.9 Å². The first kappa shape index (κ1) is 16.7. The molecule has 25 heavy (non-hydrogen) atoms. The molecule has 1 amide bonds. The minimum absolute atomic E-state index is 0.160. The number of halogens is 4. The molecule has 1 heterocycles. The number of amides is 1. The van der Waals surface area contributed by atoms with Crippen LogP contribution in [0.4, 0.5) is 23.2 Å². The number of aromatic amines is 1. The molecule has 3 rings (SSSR count). The molecule has 0 radical (unpaired) electrons.